The van der Waals surface area contributed by atoms with Gasteiger partial charge in [0.05, 0.1) is 17.2 Å². The number of pyridine rings is 2. The summed E-state index contributed by atoms with van der Waals surface area (Å²) in [5.74, 6) is 0.463. The van der Waals surface area contributed by atoms with Crippen LogP contribution in [0.3, 0.4) is 0 Å². The molecule has 0 amide bonds. The number of aryl methyl sites for hydroxylation is 2. The minimum absolute atomic E-state index is 0.0272. The number of para-hydroxylation sites is 1. The number of nitrogens with one attached hydrogen (secondary N) is 1. The van der Waals surface area contributed by atoms with E-state index in [1.165, 1.54) is 5.56 Å². The number of nitrogens with two attached hydrogens (primary N) is 1. The molecule has 4 nitrogen and oxygen atoms in total. The molecule has 1 aliphatic rings. The molecule has 0 unspecified atom stereocenters. The number of hydrogen-bond acceptors (Lipinski definition) is 2. The first kappa shape index (κ1) is 10.6. The van der Waals surface area contributed by atoms with Crippen molar-refractivity contribution in [3.8, 4) is 0 Å². The summed E-state index contributed by atoms with van der Waals surface area (Å²) in [4.78, 5) is 15.7. The van der Waals surface area contributed by atoms with E-state index in [1.807, 2.05) is 30.5 Å². The van der Waals surface area contributed by atoms with Crippen molar-refractivity contribution < 1.29 is 4.98 Å². The quantitative estimate of drug-likeness (QED) is 0.616. The summed E-state index contributed by atoms with van der Waals surface area (Å²) in [5, 5.41) is 1.38. The number of H-pyrrole nitrogens is 1. The summed E-state index contributed by atoms with van der Waals surface area (Å²) in [6.07, 6.45) is 4.01. The Morgan fingerprint density at radius 2 is 2.11 bits per heavy atom. The molecule has 0 spiro atoms. The van der Waals surface area contributed by atoms with Crippen molar-refractivity contribution in [2.24, 2.45) is 0 Å². The van der Waals surface area contributed by atoms with E-state index in [2.05, 4.69) is 9.55 Å². The van der Waals surface area contributed by atoms with Gasteiger partial charge in [0.1, 0.15) is 5.39 Å². The second-order valence-corrected chi connectivity index (χ2v) is 5.05. The lowest BCUT2D eigenvalue weighted by Gasteiger charge is -2.21. The molecule has 2 aromatic heterocycles. The van der Waals surface area contributed by atoms with Gasteiger partial charge in [-0.1, -0.05) is 12.1 Å². The predicted octanol–water partition coefficient (Wildman–Crippen LogP) is 1.50. The maximum atomic E-state index is 12.6. The average Bonchev–Trinajstić information content (AvgIpc) is 2.45. The number of aromatic amines is 1. The van der Waals surface area contributed by atoms with Crippen LogP contribution in [0, 0.1) is 0 Å². The van der Waals surface area contributed by atoms with Crippen LogP contribution in [-0.2, 0) is 13.0 Å². The first-order valence-corrected chi connectivity index (χ1v) is 6.51. The van der Waals surface area contributed by atoms with Crippen molar-refractivity contribution in [1.82, 2.24) is 4.57 Å². The Hall–Kier alpha value is -2.36. The van der Waals surface area contributed by atoms with Crippen LogP contribution in [-0.4, -0.2) is 4.57 Å². The third-order valence-corrected chi connectivity index (χ3v) is 3.98. The van der Waals surface area contributed by atoms with Gasteiger partial charge in [0.15, 0.2) is 0 Å². The van der Waals surface area contributed by atoms with Gasteiger partial charge in [-0.3, -0.25) is 10.5 Å². The largest absolute Gasteiger partial charge is 0.340 e. The van der Waals surface area contributed by atoms with Crippen LogP contribution in [0.1, 0.15) is 12.0 Å². The van der Waals surface area contributed by atoms with E-state index in [0.717, 1.165) is 35.8 Å². The van der Waals surface area contributed by atoms with Crippen LogP contribution in [0.5, 0.6) is 0 Å². The van der Waals surface area contributed by atoms with Gasteiger partial charge in [-0.15, -0.1) is 0 Å². The summed E-state index contributed by atoms with van der Waals surface area (Å²) in [6.45, 7) is 0.938. The molecular formula is C15H14N3O+. The van der Waals surface area contributed by atoms with E-state index >= 15 is 0 Å². The zero-order chi connectivity index (χ0) is 13.0. The van der Waals surface area contributed by atoms with Gasteiger partial charge in [0.25, 0.3) is 5.82 Å². The SMILES string of the molecule is Nc1[nH+]cc2c3c1c(=O)c1ccccc1n3CCC2. The second kappa shape index (κ2) is 3.57. The lowest BCUT2D eigenvalue weighted by atomic mass is 10.0. The predicted molar refractivity (Wildman–Crippen MR) is 75.0 cm³/mol. The Bertz CT molecular complexity index is 880. The van der Waals surface area contributed by atoms with E-state index < -0.39 is 0 Å². The van der Waals surface area contributed by atoms with Crippen LogP contribution in [0.15, 0.2) is 35.3 Å². The highest BCUT2D eigenvalue weighted by Crippen LogP contribution is 2.27. The summed E-state index contributed by atoms with van der Waals surface area (Å²) in [6, 6.07) is 7.76. The third-order valence-electron chi connectivity index (χ3n) is 3.98. The molecule has 0 saturated carbocycles. The average molecular weight is 252 g/mol. The number of nitrogen functional groups attached to an aromatic ring is 1. The molecule has 0 fully saturated rings. The van der Waals surface area contributed by atoms with Gasteiger partial charge in [-0.05, 0) is 25.0 Å². The van der Waals surface area contributed by atoms with Gasteiger partial charge in [-0.2, -0.15) is 0 Å². The lowest BCUT2D eigenvalue weighted by molar-refractivity contribution is -0.359. The Kier molecular flexibility index (Phi) is 1.98. The number of fused-ring (bicyclic) bond motifs is 2. The standard InChI is InChI=1S/C15H13N3O/c16-15-12-13-9(8-17-15)4-3-7-18(13)11-6-2-1-5-10(11)14(12)19/h1-2,5-6,8H,3-4,7H2,(H2,16,17)/p+1. The third kappa shape index (κ3) is 1.28. The fourth-order valence-corrected chi connectivity index (χ4v) is 3.14. The molecule has 4 rings (SSSR count). The van der Waals surface area contributed by atoms with Gasteiger partial charge in [0.2, 0.25) is 5.43 Å². The summed E-state index contributed by atoms with van der Waals surface area (Å²) in [5.41, 5.74) is 9.21. The lowest BCUT2D eigenvalue weighted by Crippen LogP contribution is -2.23. The van der Waals surface area contributed by atoms with Gasteiger partial charge in [-0.25, -0.2) is 4.98 Å². The first-order chi connectivity index (χ1) is 9.27. The highest BCUT2D eigenvalue weighted by Gasteiger charge is 2.21. The van der Waals surface area contributed by atoms with Crippen LogP contribution in [0.25, 0.3) is 21.8 Å². The van der Waals surface area contributed by atoms with Crippen molar-refractivity contribution in [3.05, 3.63) is 46.2 Å². The van der Waals surface area contributed by atoms with Crippen molar-refractivity contribution in [2.45, 2.75) is 19.4 Å². The molecule has 19 heavy (non-hydrogen) atoms. The molecule has 1 aromatic carbocycles. The number of benzene rings is 1. The summed E-state index contributed by atoms with van der Waals surface area (Å²) < 4.78 is 2.23. The zero-order valence-electron chi connectivity index (χ0n) is 10.4. The van der Waals surface area contributed by atoms with E-state index in [-0.39, 0.29) is 5.43 Å². The monoisotopic (exact) mass is 252 g/mol. The second-order valence-electron chi connectivity index (χ2n) is 5.05. The highest BCUT2D eigenvalue weighted by atomic mass is 16.1. The normalized spacial score (nSPS) is 14.1. The molecule has 0 saturated heterocycles. The fourth-order valence-electron chi connectivity index (χ4n) is 3.14. The van der Waals surface area contributed by atoms with Gasteiger partial charge in [0, 0.05) is 17.5 Å². The van der Waals surface area contributed by atoms with Crippen molar-refractivity contribution in [3.63, 3.8) is 0 Å². The Balaban J connectivity index is 2.41. The Morgan fingerprint density at radius 3 is 3.00 bits per heavy atom. The van der Waals surface area contributed by atoms with Gasteiger partial charge < -0.3 is 4.57 Å². The van der Waals surface area contributed by atoms with Crippen LogP contribution in [0.2, 0.25) is 0 Å². The number of hydrogen-bond donors (Lipinski definition) is 1. The molecule has 3 N–H and O–H groups in total. The van der Waals surface area contributed by atoms with Crippen molar-refractivity contribution in [1.29, 1.82) is 0 Å². The minimum atomic E-state index is 0.0272. The maximum absolute atomic E-state index is 12.6. The molecular weight excluding hydrogens is 238 g/mol. The Morgan fingerprint density at radius 1 is 1.26 bits per heavy atom. The summed E-state index contributed by atoms with van der Waals surface area (Å²) >= 11 is 0. The molecule has 0 atom stereocenters. The van der Waals surface area contributed by atoms with Crippen molar-refractivity contribution >= 4 is 27.6 Å². The summed E-state index contributed by atoms with van der Waals surface area (Å²) in [7, 11) is 0. The van der Waals surface area contributed by atoms with Crippen molar-refractivity contribution in [2.75, 3.05) is 5.73 Å². The molecule has 4 heteroatoms. The molecule has 3 aromatic rings. The molecule has 0 radical (unpaired) electrons. The van der Waals surface area contributed by atoms with Gasteiger partial charge >= 0.3 is 0 Å². The number of anilines is 1. The topological polar surface area (TPSA) is 62.2 Å². The highest BCUT2D eigenvalue weighted by molar-refractivity contribution is 5.98. The number of rotatable bonds is 0. The van der Waals surface area contributed by atoms with E-state index in [9.17, 15) is 4.79 Å². The smallest absolute Gasteiger partial charge is 0.283 e. The molecule has 0 bridgehead atoms. The molecule has 3 heterocycles. The fraction of sp³-hybridized carbons (Fsp3) is 0.200. The van der Waals surface area contributed by atoms with E-state index in [4.69, 9.17) is 5.73 Å². The Labute approximate surface area is 109 Å². The first-order valence-electron chi connectivity index (χ1n) is 6.51. The minimum Gasteiger partial charge on any atom is -0.340 e. The van der Waals surface area contributed by atoms with Crippen LogP contribution in [0.4, 0.5) is 5.82 Å². The van der Waals surface area contributed by atoms with E-state index in [1.54, 1.807) is 0 Å². The molecule has 0 aliphatic carbocycles. The van der Waals surface area contributed by atoms with E-state index in [0.29, 0.717) is 11.2 Å². The molecule has 1 aliphatic heterocycles. The number of aromatic nitrogens is 2. The maximum Gasteiger partial charge on any atom is 0.283 e. The van der Waals surface area contributed by atoms with Crippen LogP contribution >= 0.6 is 0 Å². The number of nitrogens with zero attached hydrogens (tertiary/aromatic N) is 1. The van der Waals surface area contributed by atoms with Crippen LogP contribution < -0.4 is 16.1 Å². The molecule has 94 valence electrons. The zero-order valence-corrected chi connectivity index (χ0v) is 10.4.